The molecule has 0 fully saturated rings. The zero-order valence-corrected chi connectivity index (χ0v) is 12.3. The van der Waals surface area contributed by atoms with Crippen molar-refractivity contribution >= 4 is 0 Å². The predicted molar refractivity (Wildman–Crippen MR) is 81.3 cm³/mol. The Labute approximate surface area is 124 Å². The molecule has 0 aliphatic heterocycles. The van der Waals surface area contributed by atoms with E-state index >= 15 is 0 Å². The van der Waals surface area contributed by atoms with Gasteiger partial charge in [-0.15, -0.1) is 0 Å². The van der Waals surface area contributed by atoms with Crippen molar-refractivity contribution in [2.24, 2.45) is 0 Å². The third-order valence-electron chi connectivity index (χ3n) is 3.16. The first-order valence-electron chi connectivity index (χ1n) is 6.98. The molecule has 1 atom stereocenters. The van der Waals surface area contributed by atoms with E-state index in [1.54, 1.807) is 19.2 Å². The second-order valence-electron chi connectivity index (χ2n) is 4.66. The van der Waals surface area contributed by atoms with Crippen LogP contribution in [-0.4, -0.2) is 20.3 Å². The summed E-state index contributed by atoms with van der Waals surface area (Å²) in [6.45, 7) is 3.27. The van der Waals surface area contributed by atoms with Gasteiger partial charge in [-0.05, 0) is 36.4 Å². The summed E-state index contributed by atoms with van der Waals surface area (Å²) < 4.78 is 24.1. The van der Waals surface area contributed by atoms with Crippen LogP contribution in [0.4, 0.5) is 4.39 Å². The topological polar surface area (TPSA) is 30.5 Å². The van der Waals surface area contributed by atoms with E-state index < -0.39 is 0 Å². The number of methoxy groups -OCH3 is 1. The fourth-order valence-electron chi connectivity index (χ4n) is 2.11. The Morgan fingerprint density at radius 2 is 1.86 bits per heavy atom. The van der Waals surface area contributed by atoms with Crippen molar-refractivity contribution < 1.29 is 13.9 Å². The molecule has 4 heteroatoms. The van der Waals surface area contributed by atoms with Gasteiger partial charge in [-0.3, -0.25) is 0 Å². The first-order valence-corrected chi connectivity index (χ1v) is 6.98. The highest BCUT2D eigenvalue weighted by atomic mass is 19.1. The smallest absolute Gasteiger partial charge is 0.126 e. The zero-order chi connectivity index (χ0) is 15.1. The number of hydrogen-bond acceptors (Lipinski definition) is 3. The van der Waals surface area contributed by atoms with Crippen LogP contribution in [0.5, 0.6) is 11.5 Å². The van der Waals surface area contributed by atoms with E-state index in [-0.39, 0.29) is 11.9 Å². The van der Waals surface area contributed by atoms with E-state index in [9.17, 15) is 4.39 Å². The molecule has 3 nitrogen and oxygen atoms in total. The van der Waals surface area contributed by atoms with E-state index in [0.717, 1.165) is 17.9 Å². The minimum Gasteiger partial charge on any atom is -0.497 e. The van der Waals surface area contributed by atoms with Crippen LogP contribution in [0.2, 0.25) is 0 Å². The zero-order valence-electron chi connectivity index (χ0n) is 12.3. The summed E-state index contributed by atoms with van der Waals surface area (Å²) in [5.74, 6) is 1.04. The predicted octanol–water partition coefficient (Wildman–Crippen LogP) is 3.56. The fraction of sp³-hybridized carbons (Fsp3) is 0.294. The molecule has 0 heterocycles. The number of likely N-dealkylation sites (N-methyl/N-ethyl adjacent to an activating group) is 1. The van der Waals surface area contributed by atoms with Crippen molar-refractivity contribution in [3.8, 4) is 11.5 Å². The van der Waals surface area contributed by atoms with Crippen LogP contribution in [0.1, 0.15) is 18.5 Å². The molecule has 0 aromatic heterocycles. The van der Waals surface area contributed by atoms with E-state index in [0.29, 0.717) is 12.4 Å². The SMILES string of the molecule is CCNC(COc1cccc(F)c1)c1cccc(OC)c1. The Hall–Kier alpha value is -2.07. The van der Waals surface area contributed by atoms with E-state index in [2.05, 4.69) is 5.32 Å². The van der Waals surface area contributed by atoms with Gasteiger partial charge in [-0.25, -0.2) is 4.39 Å². The van der Waals surface area contributed by atoms with Crippen molar-refractivity contribution in [3.05, 3.63) is 59.9 Å². The molecular weight excluding hydrogens is 269 g/mol. The number of halogens is 1. The highest BCUT2D eigenvalue weighted by molar-refractivity contribution is 5.31. The van der Waals surface area contributed by atoms with Crippen molar-refractivity contribution in [1.29, 1.82) is 0 Å². The molecule has 0 saturated heterocycles. The minimum atomic E-state index is -0.297. The number of benzene rings is 2. The Balaban J connectivity index is 2.07. The van der Waals surface area contributed by atoms with E-state index in [1.165, 1.54) is 12.1 Å². The van der Waals surface area contributed by atoms with Crippen LogP contribution >= 0.6 is 0 Å². The molecule has 21 heavy (non-hydrogen) atoms. The van der Waals surface area contributed by atoms with Gasteiger partial charge in [0.2, 0.25) is 0 Å². The first kappa shape index (κ1) is 15.3. The standard InChI is InChI=1S/C17H20FNO2/c1-3-19-17(13-6-4-8-15(10-13)20-2)12-21-16-9-5-7-14(18)11-16/h4-11,17,19H,3,12H2,1-2H3. The average molecular weight is 289 g/mol. The lowest BCUT2D eigenvalue weighted by Gasteiger charge is -2.19. The summed E-state index contributed by atoms with van der Waals surface area (Å²) in [7, 11) is 1.64. The maximum atomic E-state index is 13.1. The van der Waals surface area contributed by atoms with Gasteiger partial charge in [0.1, 0.15) is 23.9 Å². The second kappa shape index (κ2) is 7.64. The maximum absolute atomic E-state index is 13.1. The van der Waals surface area contributed by atoms with E-state index in [4.69, 9.17) is 9.47 Å². The highest BCUT2D eigenvalue weighted by Crippen LogP contribution is 2.21. The van der Waals surface area contributed by atoms with Gasteiger partial charge in [0, 0.05) is 6.07 Å². The summed E-state index contributed by atoms with van der Waals surface area (Å²) in [4.78, 5) is 0. The fourth-order valence-corrected chi connectivity index (χ4v) is 2.11. The molecule has 2 aromatic carbocycles. The molecular formula is C17H20FNO2. The summed E-state index contributed by atoms with van der Waals surface area (Å²) in [5.41, 5.74) is 1.08. The minimum absolute atomic E-state index is 0.0216. The van der Waals surface area contributed by atoms with Crippen LogP contribution in [-0.2, 0) is 0 Å². The molecule has 0 aliphatic carbocycles. The average Bonchev–Trinajstić information content (AvgIpc) is 2.51. The van der Waals surface area contributed by atoms with Crippen molar-refractivity contribution in [1.82, 2.24) is 5.32 Å². The molecule has 1 N–H and O–H groups in total. The van der Waals surface area contributed by atoms with Crippen LogP contribution in [0.15, 0.2) is 48.5 Å². The molecule has 112 valence electrons. The van der Waals surface area contributed by atoms with Crippen molar-refractivity contribution in [3.63, 3.8) is 0 Å². The molecule has 0 aliphatic rings. The Bertz CT molecular complexity index is 574. The summed E-state index contributed by atoms with van der Waals surface area (Å²) in [6, 6.07) is 14.0. The molecule has 0 saturated carbocycles. The van der Waals surface area contributed by atoms with Crippen molar-refractivity contribution in [2.75, 3.05) is 20.3 Å². The monoisotopic (exact) mass is 289 g/mol. The Kier molecular flexibility index (Phi) is 5.58. The number of nitrogens with one attached hydrogen (secondary N) is 1. The van der Waals surface area contributed by atoms with Gasteiger partial charge in [0.05, 0.1) is 13.2 Å². The molecule has 0 radical (unpaired) electrons. The number of hydrogen-bond donors (Lipinski definition) is 1. The molecule has 0 spiro atoms. The molecule has 0 bridgehead atoms. The van der Waals surface area contributed by atoms with Gasteiger partial charge >= 0.3 is 0 Å². The largest absolute Gasteiger partial charge is 0.497 e. The van der Waals surface area contributed by atoms with Crippen LogP contribution in [0.25, 0.3) is 0 Å². The van der Waals surface area contributed by atoms with Gasteiger partial charge in [0.15, 0.2) is 0 Å². The second-order valence-corrected chi connectivity index (χ2v) is 4.66. The van der Waals surface area contributed by atoms with Crippen LogP contribution in [0.3, 0.4) is 0 Å². The van der Waals surface area contributed by atoms with E-state index in [1.807, 2.05) is 31.2 Å². The summed E-state index contributed by atoms with van der Waals surface area (Å²) >= 11 is 0. The highest BCUT2D eigenvalue weighted by Gasteiger charge is 2.12. The van der Waals surface area contributed by atoms with Gasteiger partial charge in [-0.1, -0.05) is 25.1 Å². The Morgan fingerprint density at radius 3 is 2.57 bits per heavy atom. The third-order valence-corrected chi connectivity index (χ3v) is 3.16. The third kappa shape index (κ3) is 4.46. The van der Waals surface area contributed by atoms with Crippen LogP contribution in [0, 0.1) is 5.82 Å². The van der Waals surface area contributed by atoms with Crippen molar-refractivity contribution in [2.45, 2.75) is 13.0 Å². The molecule has 0 amide bonds. The van der Waals surface area contributed by atoms with Gasteiger partial charge in [-0.2, -0.15) is 0 Å². The Morgan fingerprint density at radius 1 is 1.10 bits per heavy atom. The molecule has 2 rings (SSSR count). The number of rotatable bonds is 7. The van der Waals surface area contributed by atoms with Gasteiger partial charge < -0.3 is 14.8 Å². The lowest BCUT2D eigenvalue weighted by atomic mass is 10.1. The normalized spacial score (nSPS) is 12.0. The first-order chi connectivity index (χ1) is 10.2. The summed E-state index contributed by atoms with van der Waals surface area (Å²) in [6.07, 6.45) is 0. The quantitative estimate of drug-likeness (QED) is 0.845. The number of ether oxygens (including phenoxy) is 2. The molecule has 2 aromatic rings. The molecule has 1 unspecified atom stereocenters. The lowest BCUT2D eigenvalue weighted by molar-refractivity contribution is 0.267. The van der Waals surface area contributed by atoms with Gasteiger partial charge in [0.25, 0.3) is 0 Å². The maximum Gasteiger partial charge on any atom is 0.126 e. The van der Waals surface area contributed by atoms with Crippen LogP contribution < -0.4 is 14.8 Å². The lowest BCUT2D eigenvalue weighted by Crippen LogP contribution is -2.26. The summed E-state index contributed by atoms with van der Waals surface area (Å²) in [5, 5.41) is 3.36.